The van der Waals surface area contributed by atoms with Crippen LogP contribution in [0.25, 0.3) is 0 Å². The van der Waals surface area contributed by atoms with Crippen molar-refractivity contribution in [3.8, 4) is 11.5 Å². The van der Waals surface area contributed by atoms with E-state index in [-0.39, 0.29) is 6.61 Å². The topological polar surface area (TPSA) is 73.9 Å². The molecular weight excluding hydrogens is 369 g/mol. The molecule has 0 unspecified atom stereocenters. The molecule has 0 aliphatic rings. The SMILES string of the molecule is COc1ccc(NC(=O)COC(=O)COc2cccc(Cl)c2)cc1Cl. The van der Waals surface area contributed by atoms with Crippen molar-refractivity contribution in [1.29, 1.82) is 0 Å². The predicted octanol–water partition coefficient (Wildman–Crippen LogP) is 3.56. The molecule has 0 aromatic heterocycles. The van der Waals surface area contributed by atoms with Gasteiger partial charge in [-0.3, -0.25) is 4.79 Å². The quantitative estimate of drug-likeness (QED) is 0.739. The number of anilines is 1. The summed E-state index contributed by atoms with van der Waals surface area (Å²) in [5.74, 6) is -0.258. The highest BCUT2D eigenvalue weighted by atomic mass is 35.5. The fraction of sp³-hybridized carbons (Fsp3) is 0.176. The molecule has 0 spiro atoms. The largest absolute Gasteiger partial charge is 0.495 e. The lowest BCUT2D eigenvalue weighted by Crippen LogP contribution is -2.23. The zero-order valence-corrected chi connectivity index (χ0v) is 14.8. The van der Waals surface area contributed by atoms with E-state index in [1.165, 1.54) is 13.2 Å². The van der Waals surface area contributed by atoms with E-state index in [0.29, 0.717) is 27.2 Å². The van der Waals surface area contributed by atoms with Gasteiger partial charge in [-0.15, -0.1) is 0 Å². The lowest BCUT2D eigenvalue weighted by molar-refractivity contribution is -0.149. The summed E-state index contributed by atoms with van der Waals surface area (Å²) in [6.45, 7) is -0.774. The second kappa shape index (κ2) is 9.15. The molecule has 0 aliphatic heterocycles. The van der Waals surface area contributed by atoms with Gasteiger partial charge in [-0.25, -0.2) is 4.79 Å². The second-order valence-corrected chi connectivity index (χ2v) is 5.65. The first kappa shape index (κ1) is 18.9. The minimum atomic E-state index is -0.678. The fourth-order valence-electron chi connectivity index (χ4n) is 1.83. The van der Waals surface area contributed by atoms with Crippen LogP contribution in [0.2, 0.25) is 10.0 Å². The maximum atomic E-state index is 11.8. The summed E-state index contributed by atoms with van der Waals surface area (Å²) in [7, 11) is 1.49. The third kappa shape index (κ3) is 6.17. The van der Waals surface area contributed by atoms with E-state index >= 15 is 0 Å². The predicted molar refractivity (Wildman–Crippen MR) is 94.5 cm³/mol. The molecule has 0 aliphatic carbocycles. The maximum Gasteiger partial charge on any atom is 0.344 e. The van der Waals surface area contributed by atoms with Crippen molar-refractivity contribution in [3.63, 3.8) is 0 Å². The van der Waals surface area contributed by atoms with Gasteiger partial charge in [0.05, 0.1) is 12.1 Å². The highest BCUT2D eigenvalue weighted by molar-refractivity contribution is 6.32. The maximum absolute atomic E-state index is 11.8. The molecule has 2 rings (SSSR count). The standard InChI is InChI=1S/C17H15Cl2NO5/c1-23-15-6-5-12(8-14(15)19)20-16(21)9-25-17(22)10-24-13-4-2-3-11(18)7-13/h2-8H,9-10H2,1H3,(H,20,21). The Morgan fingerprint density at radius 1 is 1.08 bits per heavy atom. The van der Waals surface area contributed by atoms with Gasteiger partial charge in [-0.1, -0.05) is 29.3 Å². The number of amides is 1. The molecule has 1 amide bonds. The minimum absolute atomic E-state index is 0.331. The summed E-state index contributed by atoms with van der Waals surface area (Å²) in [6, 6.07) is 11.4. The van der Waals surface area contributed by atoms with Crippen LogP contribution in [0.3, 0.4) is 0 Å². The van der Waals surface area contributed by atoms with Gasteiger partial charge in [0.2, 0.25) is 0 Å². The van der Waals surface area contributed by atoms with Gasteiger partial charge in [-0.05, 0) is 36.4 Å². The van der Waals surface area contributed by atoms with Gasteiger partial charge in [0, 0.05) is 10.7 Å². The molecule has 0 fully saturated rings. The number of esters is 1. The van der Waals surface area contributed by atoms with Crippen LogP contribution in [0.1, 0.15) is 0 Å². The molecule has 2 aromatic carbocycles. The molecule has 0 heterocycles. The molecule has 6 nitrogen and oxygen atoms in total. The van der Waals surface area contributed by atoms with Crippen LogP contribution in [0, 0.1) is 0 Å². The molecule has 2 aromatic rings. The molecule has 0 saturated heterocycles. The van der Waals surface area contributed by atoms with Crippen molar-refractivity contribution in [2.75, 3.05) is 25.6 Å². The van der Waals surface area contributed by atoms with Crippen LogP contribution >= 0.6 is 23.2 Å². The normalized spacial score (nSPS) is 10.0. The van der Waals surface area contributed by atoms with E-state index in [1.807, 2.05) is 0 Å². The zero-order valence-electron chi connectivity index (χ0n) is 13.3. The Balaban J connectivity index is 1.75. The molecule has 0 atom stereocenters. The lowest BCUT2D eigenvalue weighted by Gasteiger charge is -2.09. The van der Waals surface area contributed by atoms with Crippen LogP contribution in [0.5, 0.6) is 11.5 Å². The summed E-state index contributed by atoms with van der Waals surface area (Å²) in [4.78, 5) is 23.4. The Hall–Kier alpha value is -2.44. The Kier molecular flexibility index (Phi) is 6.91. The Labute approximate surface area is 154 Å². The van der Waals surface area contributed by atoms with Gasteiger partial charge in [0.15, 0.2) is 13.2 Å². The average molecular weight is 384 g/mol. The fourth-order valence-corrected chi connectivity index (χ4v) is 2.27. The Bertz CT molecular complexity index is 766. The highest BCUT2D eigenvalue weighted by Gasteiger charge is 2.10. The summed E-state index contributed by atoms with van der Waals surface area (Å²) >= 11 is 11.8. The monoisotopic (exact) mass is 383 g/mol. The van der Waals surface area contributed by atoms with E-state index in [1.54, 1.807) is 36.4 Å². The van der Waals surface area contributed by atoms with Gasteiger partial charge in [0.25, 0.3) is 5.91 Å². The lowest BCUT2D eigenvalue weighted by atomic mass is 10.3. The molecular formula is C17H15Cl2NO5. The summed E-state index contributed by atoms with van der Waals surface area (Å²) in [6.07, 6.45) is 0. The second-order valence-electron chi connectivity index (χ2n) is 4.80. The van der Waals surface area contributed by atoms with E-state index in [4.69, 9.17) is 37.4 Å². The molecule has 1 N–H and O–H groups in total. The molecule has 8 heteroatoms. The number of carbonyl (C=O) groups is 2. The number of hydrogen-bond donors (Lipinski definition) is 1. The summed E-state index contributed by atoms with van der Waals surface area (Å²) < 4.78 is 15.1. The number of benzene rings is 2. The molecule has 0 radical (unpaired) electrons. The highest BCUT2D eigenvalue weighted by Crippen LogP contribution is 2.27. The van der Waals surface area contributed by atoms with Crippen molar-refractivity contribution in [2.45, 2.75) is 0 Å². The first-order valence-electron chi connectivity index (χ1n) is 7.15. The van der Waals surface area contributed by atoms with Crippen molar-refractivity contribution in [1.82, 2.24) is 0 Å². The minimum Gasteiger partial charge on any atom is -0.495 e. The summed E-state index contributed by atoms with van der Waals surface area (Å²) in [5, 5.41) is 3.40. The Morgan fingerprint density at radius 2 is 1.88 bits per heavy atom. The number of rotatable bonds is 7. The summed E-state index contributed by atoms with van der Waals surface area (Å²) in [5.41, 5.74) is 0.460. The zero-order chi connectivity index (χ0) is 18.2. The first-order chi connectivity index (χ1) is 12.0. The number of halogens is 2. The number of hydrogen-bond acceptors (Lipinski definition) is 5. The van der Waals surface area contributed by atoms with Crippen LogP contribution in [-0.2, 0) is 14.3 Å². The molecule has 0 saturated carbocycles. The van der Waals surface area contributed by atoms with E-state index < -0.39 is 18.5 Å². The average Bonchev–Trinajstić information content (AvgIpc) is 2.58. The molecule has 132 valence electrons. The van der Waals surface area contributed by atoms with E-state index in [9.17, 15) is 9.59 Å². The number of nitrogens with one attached hydrogen (secondary N) is 1. The first-order valence-corrected chi connectivity index (χ1v) is 7.91. The van der Waals surface area contributed by atoms with Crippen molar-refractivity contribution in [3.05, 3.63) is 52.5 Å². The van der Waals surface area contributed by atoms with E-state index in [2.05, 4.69) is 5.32 Å². The van der Waals surface area contributed by atoms with Crippen molar-refractivity contribution in [2.24, 2.45) is 0 Å². The molecule has 0 bridgehead atoms. The van der Waals surface area contributed by atoms with Crippen LogP contribution in [-0.4, -0.2) is 32.2 Å². The van der Waals surface area contributed by atoms with Crippen LogP contribution in [0.15, 0.2) is 42.5 Å². The van der Waals surface area contributed by atoms with Crippen molar-refractivity contribution < 1.29 is 23.8 Å². The molecule has 25 heavy (non-hydrogen) atoms. The van der Waals surface area contributed by atoms with Gasteiger partial charge >= 0.3 is 5.97 Å². The number of carbonyl (C=O) groups excluding carboxylic acids is 2. The van der Waals surface area contributed by atoms with Gasteiger partial charge in [-0.2, -0.15) is 0 Å². The number of ether oxygens (including phenoxy) is 3. The Morgan fingerprint density at radius 3 is 2.56 bits per heavy atom. The van der Waals surface area contributed by atoms with Gasteiger partial charge in [0.1, 0.15) is 11.5 Å². The smallest absolute Gasteiger partial charge is 0.344 e. The third-order valence-electron chi connectivity index (χ3n) is 2.95. The number of methoxy groups -OCH3 is 1. The van der Waals surface area contributed by atoms with Gasteiger partial charge < -0.3 is 19.5 Å². The van der Waals surface area contributed by atoms with Crippen molar-refractivity contribution >= 4 is 40.8 Å². The third-order valence-corrected chi connectivity index (χ3v) is 3.48. The van der Waals surface area contributed by atoms with E-state index in [0.717, 1.165) is 0 Å². The van der Waals surface area contributed by atoms with Crippen LogP contribution in [0.4, 0.5) is 5.69 Å². The van der Waals surface area contributed by atoms with Crippen LogP contribution < -0.4 is 14.8 Å².